The molecule has 1 aliphatic carbocycles. The van der Waals surface area contributed by atoms with Crippen LogP contribution in [-0.2, 0) is 6.54 Å². The zero-order valence-electron chi connectivity index (χ0n) is 12.6. The van der Waals surface area contributed by atoms with Crippen molar-refractivity contribution >= 4 is 11.6 Å². The second kappa shape index (κ2) is 6.79. The van der Waals surface area contributed by atoms with Crippen molar-refractivity contribution in [2.45, 2.75) is 44.6 Å². The summed E-state index contributed by atoms with van der Waals surface area (Å²) >= 11 is 0. The Labute approximate surface area is 129 Å². The summed E-state index contributed by atoms with van der Waals surface area (Å²) in [6.45, 7) is 0.464. The van der Waals surface area contributed by atoms with Crippen molar-refractivity contribution in [3.8, 4) is 5.75 Å². The molecule has 1 saturated carbocycles. The molecule has 6 heteroatoms. The van der Waals surface area contributed by atoms with Crippen LogP contribution in [0.15, 0.2) is 24.5 Å². The first-order valence-corrected chi connectivity index (χ1v) is 7.86. The number of nitrogens with one attached hydrogen (secondary N) is 1. The molecule has 1 aliphatic rings. The zero-order valence-corrected chi connectivity index (χ0v) is 12.6. The Hall–Kier alpha value is -2.08. The summed E-state index contributed by atoms with van der Waals surface area (Å²) in [5.74, 6) is 1.31. The van der Waals surface area contributed by atoms with Crippen molar-refractivity contribution in [2.75, 3.05) is 11.9 Å². The van der Waals surface area contributed by atoms with Gasteiger partial charge in [-0.2, -0.15) is 0 Å². The Morgan fingerprint density at radius 1 is 1.23 bits per heavy atom. The minimum atomic E-state index is 0.0356. The standard InChI is InChI=1S/C16H22N4O2/c21-9-8-20-11-17-16(19-20)18-13-6-7-15(22)14(10-13)12-4-2-1-3-5-12/h6-7,10-12,21-22H,1-5,8-9H2,(H,18,19). The van der Waals surface area contributed by atoms with Crippen molar-refractivity contribution in [1.82, 2.24) is 14.8 Å². The molecule has 0 unspecified atom stereocenters. The number of hydrogen-bond donors (Lipinski definition) is 3. The number of hydrogen-bond acceptors (Lipinski definition) is 5. The number of aliphatic hydroxyl groups is 1. The molecule has 1 fully saturated rings. The number of benzene rings is 1. The Morgan fingerprint density at radius 3 is 2.82 bits per heavy atom. The van der Waals surface area contributed by atoms with Gasteiger partial charge in [-0.1, -0.05) is 19.3 Å². The van der Waals surface area contributed by atoms with Crippen LogP contribution in [0.1, 0.15) is 43.6 Å². The highest BCUT2D eigenvalue weighted by atomic mass is 16.3. The molecule has 0 amide bonds. The van der Waals surface area contributed by atoms with Gasteiger partial charge in [0.05, 0.1) is 13.2 Å². The first-order valence-electron chi connectivity index (χ1n) is 7.86. The third-order valence-corrected chi connectivity index (χ3v) is 4.19. The van der Waals surface area contributed by atoms with Crippen LogP contribution in [0.2, 0.25) is 0 Å². The first kappa shape index (κ1) is 14.8. The van der Waals surface area contributed by atoms with E-state index in [4.69, 9.17) is 5.11 Å². The molecule has 0 bridgehead atoms. The van der Waals surface area contributed by atoms with E-state index in [1.54, 1.807) is 17.1 Å². The molecule has 1 heterocycles. The van der Waals surface area contributed by atoms with Gasteiger partial charge in [-0.3, -0.25) is 0 Å². The van der Waals surface area contributed by atoms with Gasteiger partial charge in [-0.15, -0.1) is 5.10 Å². The van der Waals surface area contributed by atoms with Crippen LogP contribution in [0.5, 0.6) is 5.75 Å². The highest BCUT2D eigenvalue weighted by Gasteiger charge is 2.19. The van der Waals surface area contributed by atoms with Gasteiger partial charge in [0.1, 0.15) is 12.1 Å². The monoisotopic (exact) mass is 302 g/mol. The van der Waals surface area contributed by atoms with Crippen molar-refractivity contribution in [1.29, 1.82) is 0 Å². The fourth-order valence-electron chi connectivity index (χ4n) is 3.06. The van der Waals surface area contributed by atoms with Gasteiger partial charge in [-0.25, -0.2) is 9.67 Å². The lowest BCUT2D eigenvalue weighted by atomic mass is 9.83. The van der Waals surface area contributed by atoms with Gasteiger partial charge in [-0.05, 0) is 42.5 Å². The van der Waals surface area contributed by atoms with Crippen molar-refractivity contribution in [3.05, 3.63) is 30.1 Å². The molecular weight excluding hydrogens is 280 g/mol. The predicted molar refractivity (Wildman–Crippen MR) is 84.3 cm³/mol. The van der Waals surface area contributed by atoms with Crippen LogP contribution in [0.25, 0.3) is 0 Å². The quantitative estimate of drug-likeness (QED) is 0.740. The average molecular weight is 302 g/mol. The molecule has 3 rings (SSSR count). The summed E-state index contributed by atoms with van der Waals surface area (Å²) in [5.41, 5.74) is 1.89. The van der Waals surface area contributed by atoms with E-state index in [0.29, 0.717) is 24.2 Å². The molecule has 1 aromatic carbocycles. The maximum atomic E-state index is 10.1. The molecule has 118 valence electrons. The Bertz CT molecular complexity index is 620. The lowest BCUT2D eigenvalue weighted by Gasteiger charge is -2.23. The summed E-state index contributed by atoms with van der Waals surface area (Å²) in [4.78, 5) is 4.16. The SMILES string of the molecule is OCCn1cnc(Nc2ccc(O)c(C3CCCCC3)c2)n1. The Morgan fingerprint density at radius 2 is 2.05 bits per heavy atom. The van der Waals surface area contributed by atoms with E-state index >= 15 is 0 Å². The molecule has 0 radical (unpaired) electrons. The molecule has 0 spiro atoms. The fourth-order valence-corrected chi connectivity index (χ4v) is 3.06. The second-order valence-corrected chi connectivity index (χ2v) is 5.79. The summed E-state index contributed by atoms with van der Waals surface area (Å²) in [6, 6.07) is 5.56. The molecule has 2 aromatic rings. The van der Waals surface area contributed by atoms with Crippen LogP contribution in [0.3, 0.4) is 0 Å². The van der Waals surface area contributed by atoms with Gasteiger partial charge in [0, 0.05) is 5.69 Å². The van der Waals surface area contributed by atoms with Gasteiger partial charge in [0.25, 0.3) is 0 Å². The number of aromatic nitrogens is 3. The number of phenols is 1. The van der Waals surface area contributed by atoms with Gasteiger partial charge >= 0.3 is 0 Å². The number of anilines is 2. The summed E-state index contributed by atoms with van der Waals surface area (Å²) < 4.78 is 1.59. The van der Waals surface area contributed by atoms with Gasteiger partial charge < -0.3 is 15.5 Å². The molecular formula is C16H22N4O2. The number of phenolic OH excluding ortho intramolecular Hbond substituents is 1. The minimum absolute atomic E-state index is 0.0356. The fraction of sp³-hybridized carbons (Fsp3) is 0.500. The van der Waals surface area contributed by atoms with Gasteiger partial charge in [0.2, 0.25) is 5.95 Å². The highest BCUT2D eigenvalue weighted by Crippen LogP contribution is 2.38. The zero-order chi connectivity index (χ0) is 15.4. The van der Waals surface area contributed by atoms with Crippen molar-refractivity contribution in [3.63, 3.8) is 0 Å². The largest absolute Gasteiger partial charge is 0.508 e. The lowest BCUT2D eigenvalue weighted by molar-refractivity contribution is 0.269. The van der Waals surface area contributed by atoms with Crippen LogP contribution in [-0.4, -0.2) is 31.6 Å². The first-order chi connectivity index (χ1) is 10.8. The smallest absolute Gasteiger partial charge is 0.246 e. The maximum Gasteiger partial charge on any atom is 0.246 e. The molecule has 0 atom stereocenters. The lowest BCUT2D eigenvalue weighted by Crippen LogP contribution is -2.06. The van der Waals surface area contributed by atoms with E-state index in [1.165, 1.54) is 19.3 Å². The highest BCUT2D eigenvalue weighted by molar-refractivity contribution is 5.57. The second-order valence-electron chi connectivity index (χ2n) is 5.79. The van der Waals surface area contributed by atoms with E-state index in [9.17, 15) is 5.11 Å². The topological polar surface area (TPSA) is 83.2 Å². The molecule has 0 saturated heterocycles. The number of nitrogens with zero attached hydrogens (tertiary/aromatic N) is 3. The summed E-state index contributed by atoms with van der Waals surface area (Å²) in [7, 11) is 0. The van der Waals surface area contributed by atoms with E-state index < -0.39 is 0 Å². The molecule has 3 N–H and O–H groups in total. The normalized spacial score (nSPS) is 15.9. The van der Waals surface area contributed by atoms with Crippen molar-refractivity contribution in [2.24, 2.45) is 0 Å². The van der Waals surface area contributed by atoms with Crippen LogP contribution < -0.4 is 5.32 Å². The minimum Gasteiger partial charge on any atom is -0.508 e. The van der Waals surface area contributed by atoms with Gasteiger partial charge in [0.15, 0.2) is 0 Å². The van der Waals surface area contributed by atoms with E-state index in [0.717, 1.165) is 24.1 Å². The summed E-state index contributed by atoms with van der Waals surface area (Å²) in [5, 5.41) is 26.4. The number of aliphatic hydroxyl groups excluding tert-OH is 1. The van der Waals surface area contributed by atoms with E-state index in [-0.39, 0.29) is 6.61 Å². The van der Waals surface area contributed by atoms with E-state index in [1.807, 2.05) is 12.1 Å². The number of rotatable bonds is 5. The van der Waals surface area contributed by atoms with E-state index in [2.05, 4.69) is 15.4 Å². The predicted octanol–water partition coefficient (Wildman–Crippen LogP) is 2.77. The molecule has 22 heavy (non-hydrogen) atoms. The van der Waals surface area contributed by atoms with Crippen molar-refractivity contribution < 1.29 is 10.2 Å². The average Bonchev–Trinajstić information content (AvgIpc) is 2.98. The third-order valence-electron chi connectivity index (χ3n) is 4.19. The Kier molecular flexibility index (Phi) is 4.58. The molecule has 1 aromatic heterocycles. The molecule has 6 nitrogen and oxygen atoms in total. The maximum absolute atomic E-state index is 10.1. The molecule has 0 aliphatic heterocycles. The van der Waals surface area contributed by atoms with Crippen LogP contribution >= 0.6 is 0 Å². The number of aromatic hydroxyl groups is 1. The Balaban J connectivity index is 1.75. The summed E-state index contributed by atoms with van der Waals surface area (Å²) in [6.07, 6.45) is 7.62. The van der Waals surface area contributed by atoms with Crippen LogP contribution in [0.4, 0.5) is 11.6 Å². The third kappa shape index (κ3) is 3.39. The van der Waals surface area contributed by atoms with Crippen LogP contribution in [0, 0.1) is 0 Å².